The summed E-state index contributed by atoms with van der Waals surface area (Å²) in [4.78, 5) is 22.6. The number of carbonyl (C=O) groups excluding carboxylic acids is 1. The highest BCUT2D eigenvalue weighted by atomic mass is 79.9. The molecule has 0 saturated heterocycles. The maximum Gasteiger partial charge on any atom is 0.256 e. The van der Waals surface area contributed by atoms with Crippen LogP contribution in [-0.2, 0) is 0 Å². The van der Waals surface area contributed by atoms with Crippen molar-refractivity contribution in [2.24, 2.45) is 0 Å². The third-order valence-electron chi connectivity index (χ3n) is 5.25. The van der Waals surface area contributed by atoms with Crippen molar-refractivity contribution in [2.45, 2.75) is 6.92 Å². The number of anilines is 1. The molecule has 1 N–H and O–H groups in total. The Bertz CT molecular complexity index is 1560. The molecule has 2 aromatic heterocycles. The SMILES string of the molecule is Cc1ccccc1-n1c(NC(=O)c2cccc(Br)c2)c(C#N)c2nc3ccccc3nc21. The number of nitrogens with one attached hydrogen (secondary N) is 1. The predicted molar refractivity (Wildman–Crippen MR) is 128 cm³/mol. The van der Waals surface area contributed by atoms with Gasteiger partial charge in [0.25, 0.3) is 5.91 Å². The first-order valence-corrected chi connectivity index (χ1v) is 10.7. The van der Waals surface area contributed by atoms with E-state index in [4.69, 9.17) is 9.97 Å². The molecule has 0 aliphatic heterocycles. The first kappa shape index (κ1) is 19.9. The van der Waals surface area contributed by atoms with Gasteiger partial charge in [-0.2, -0.15) is 5.26 Å². The van der Waals surface area contributed by atoms with Crippen LogP contribution in [0.4, 0.5) is 5.82 Å². The molecule has 7 heteroatoms. The molecule has 2 heterocycles. The van der Waals surface area contributed by atoms with Crippen molar-refractivity contribution in [3.05, 3.63) is 94.0 Å². The number of nitriles is 1. The van der Waals surface area contributed by atoms with Gasteiger partial charge in [-0.1, -0.05) is 52.3 Å². The molecule has 1 amide bonds. The van der Waals surface area contributed by atoms with E-state index in [2.05, 4.69) is 27.3 Å². The topological polar surface area (TPSA) is 83.6 Å². The summed E-state index contributed by atoms with van der Waals surface area (Å²) in [6.45, 7) is 1.97. The van der Waals surface area contributed by atoms with E-state index in [9.17, 15) is 10.1 Å². The Kier molecular flexibility index (Phi) is 4.92. The fourth-order valence-electron chi connectivity index (χ4n) is 3.73. The van der Waals surface area contributed by atoms with E-state index in [0.717, 1.165) is 15.7 Å². The molecule has 154 valence electrons. The number of aryl methyl sites for hydroxylation is 1. The molecule has 6 nitrogen and oxygen atoms in total. The second-order valence-corrected chi connectivity index (χ2v) is 8.22. The standard InChI is InChI=1S/C25H16BrN5O/c1-15-7-2-5-12-21(15)31-23(30-25(32)16-8-6-9-17(26)13-16)18(14-27)22-24(31)29-20-11-4-3-10-19(20)28-22/h2-13H,1H3,(H,30,32). The van der Waals surface area contributed by atoms with Crippen LogP contribution in [0.15, 0.2) is 77.3 Å². The van der Waals surface area contributed by atoms with E-state index in [-0.39, 0.29) is 11.5 Å². The molecular formula is C25H16BrN5O. The van der Waals surface area contributed by atoms with Crippen LogP contribution in [0.2, 0.25) is 0 Å². The lowest BCUT2D eigenvalue weighted by molar-refractivity contribution is 0.102. The maximum atomic E-state index is 13.1. The number of rotatable bonds is 3. The Balaban J connectivity index is 1.81. The van der Waals surface area contributed by atoms with E-state index in [1.54, 1.807) is 22.8 Å². The molecule has 0 saturated carbocycles. The lowest BCUT2D eigenvalue weighted by atomic mass is 10.2. The van der Waals surface area contributed by atoms with Crippen LogP contribution in [0.5, 0.6) is 0 Å². The fraction of sp³-hybridized carbons (Fsp3) is 0.0400. The summed E-state index contributed by atoms with van der Waals surface area (Å²) < 4.78 is 2.60. The number of halogens is 1. The smallest absolute Gasteiger partial charge is 0.256 e. The molecule has 0 aliphatic rings. The van der Waals surface area contributed by atoms with Crippen LogP contribution in [0.1, 0.15) is 21.5 Å². The monoisotopic (exact) mass is 481 g/mol. The van der Waals surface area contributed by atoms with E-state index in [1.807, 2.05) is 61.5 Å². The Labute approximate surface area is 192 Å². The third-order valence-corrected chi connectivity index (χ3v) is 5.74. The number of fused-ring (bicyclic) bond motifs is 2. The Morgan fingerprint density at radius 1 is 1.00 bits per heavy atom. The molecule has 3 aromatic carbocycles. The van der Waals surface area contributed by atoms with E-state index in [0.29, 0.717) is 33.6 Å². The lowest BCUT2D eigenvalue weighted by Crippen LogP contribution is -2.16. The van der Waals surface area contributed by atoms with E-state index in [1.165, 1.54) is 0 Å². The van der Waals surface area contributed by atoms with Crippen LogP contribution in [0, 0.1) is 18.3 Å². The molecule has 5 rings (SSSR count). The minimum Gasteiger partial charge on any atom is -0.306 e. The number of carbonyl (C=O) groups is 1. The average molecular weight is 482 g/mol. The van der Waals surface area contributed by atoms with Crippen molar-refractivity contribution in [1.82, 2.24) is 14.5 Å². The molecule has 32 heavy (non-hydrogen) atoms. The number of hydrogen-bond donors (Lipinski definition) is 1. The van der Waals surface area contributed by atoms with Crippen LogP contribution in [-0.4, -0.2) is 20.4 Å². The van der Waals surface area contributed by atoms with Crippen molar-refractivity contribution in [1.29, 1.82) is 5.26 Å². The van der Waals surface area contributed by atoms with Gasteiger partial charge in [0.15, 0.2) is 5.65 Å². The Morgan fingerprint density at radius 2 is 1.72 bits per heavy atom. The number of hydrogen-bond acceptors (Lipinski definition) is 4. The fourth-order valence-corrected chi connectivity index (χ4v) is 4.13. The quantitative estimate of drug-likeness (QED) is 0.354. The van der Waals surface area contributed by atoms with Gasteiger partial charge >= 0.3 is 0 Å². The molecule has 0 unspecified atom stereocenters. The molecule has 5 aromatic rings. The lowest BCUT2D eigenvalue weighted by Gasteiger charge is -2.14. The first-order chi connectivity index (χ1) is 15.6. The molecule has 0 bridgehead atoms. The maximum absolute atomic E-state index is 13.1. The van der Waals surface area contributed by atoms with Gasteiger partial charge in [0.05, 0.1) is 16.7 Å². The minimum atomic E-state index is -0.329. The largest absolute Gasteiger partial charge is 0.306 e. The van der Waals surface area contributed by atoms with Gasteiger partial charge in [0, 0.05) is 10.0 Å². The highest BCUT2D eigenvalue weighted by Gasteiger charge is 2.24. The van der Waals surface area contributed by atoms with Gasteiger partial charge in [0.2, 0.25) is 0 Å². The van der Waals surface area contributed by atoms with Crippen molar-refractivity contribution < 1.29 is 4.79 Å². The summed E-state index contributed by atoms with van der Waals surface area (Å²) in [7, 11) is 0. The van der Waals surface area contributed by atoms with E-state index >= 15 is 0 Å². The molecule has 0 spiro atoms. The minimum absolute atomic E-state index is 0.268. The number of para-hydroxylation sites is 3. The van der Waals surface area contributed by atoms with E-state index < -0.39 is 0 Å². The second kappa shape index (κ2) is 7.91. The molecule has 0 radical (unpaired) electrons. The summed E-state index contributed by atoms with van der Waals surface area (Å²) in [5.74, 6) is 0.0158. The zero-order chi connectivity index (χ0) is 22.2. The van der Waals surface area contributed by atoms with Crippen molar-refractivity contribution in [3.8, 4) is 11.8 Å². The van der Waals surface area contributed by atoms with Crippen molar-refractivity contribution in [3.63, 3.8) is 0 Å². The van der Waals surface area contributed by atoms with Crippen molar-refractivity contribution >= 4 is 49.9 Å². The molecule has 0 atom stereocenters. The van der Waals surface area contributed by atoms with Gasteiger partial charge in [0.1, 0.15) is 23.0 Å². The number of benzene rings is 3. The molecule has 0 aliphatic carbocycles. The summed E-state index contributed by atoms with van der Waals surface area (Å²) in [5, 5.41) is 13.0. The van der Waals surface area contributed by atoms with Gasteiger partial charge in [-0.3, -0.25) is 9.36 Å². The van der Waals surface area contributed by atoms with Crippen LogP contribution >= 0.6 is 15.9 Å². The van der Waals surface area contributed by atoms with Gasteiger partial charge in [-0.25, -0.2) is 9.97 Å². The predicted octanol–water partition coefficient (Wildman–Crippen LogP) is 5.77. The zero-order valence-electron chi connectivity index (χ0n) is 17.0. The summed E-state index contributed by atoms with van der Waals surface area (Å²) in [6.07, 6.45) is 0. The molecule has 0 fully saturated rings. The first-order valence-electron chi connectivity index (χ1n) is 9.91. The van der Waals surface area contributed by atoms with Crippen LogP contribution in [0.25, 0.3) is 27.9 Å². The highest BCUT2D eigenvalue weighted by Crippen LogP contribution is 2.33. The summed E-state index contributed by atoms with van der Waals surface area (Å²) >= 11 is 3.40. The second-order valence-electron chi connectivity index (χ2n) is 7.31. The Morgan fingerprint density at radius 3 is 2.44 bits per heavy atom. The summed E-state index contributed by atoms with van der Waals surface area (Å²) in [5.41, 5.74) is 4.87. The third kappa shape index (κ3) is 3.31. The number of amides is 1. The zero-order valence-corrected chi connectivity index (χ0v) is 18.6. The highest BCUT2D eigenvalue weighted by molar-refractivity contribution is 9.10. The van der Waals surface area contributed by atoms with Gasteiger partial charge in [-0.15, -0.1) is 0 Å². The van der Waals surface area contributed by atoms with Crippen LogP contribution in [0.3, 0.4) is 0 Å². The number of nitrogens with zero attached hydrogens (tertiary/aromatic N) is 4. The Hall–Kier alpha value is -4.02. The summed E-state index contributed by atoms with van der Waals surface area (Å²) in [6, 6.07) is 24.6. The van der Waals surface area contributed by atoms with Crippen LogP contribution < -0.4 is 5.32 Å². The number of aromatic nitrogens is 3. The van der Waals surface area contributed by atoms with Gasteiger partial charge in [-0.05, 0) is 48.9 Å². The average Bonchev–Trinajstić information content (AvgIpc) is 3.09. The molecular weight excluding hydrogens is 466 g/mol. The van der Waals surface area contributed by atoms with Gasteiger partial charge < -0.3 is 5.32 Å². The van der Waals surface area contributed by atoms with Crippen molar-refractivity contribution in [2.75, 3.05) is 5.32 Å². The normalized spacial score (nSPS) is 10.9.